The van der Waals surface area contributed by atoms with Crippen molar-refractivity contribution in [2.75, 3.05) is 0 Å². The van der Waals surface area contributed by atoms with Gasteiger partial charge in [-0.15, -0.1) is 24.8 Å². The molecule has 4 rings (SSSR count). The summed E-state index contributed by atoms with van der Waals surface area (Å²) < 4.78 is 88.0. The zero-order chi connectivity index (χ0) is 27.9. The number of fused-ring (bicyclic) bond motifs is 1. The van der Waals surface area contributed by atoms with Crippen LogP contribution >= 0.6 is 24.8 Å². The van der Waals surface area contributed by atoms with Gasteiger partial charge in [0.25, 0.3) is 0 Å². The van der Waals surface area contributed by atoms with Crippen LogP contribution in [0.25, 0.3) is 17.2 Å². The Morgan fingerprint density at radius 2 is 1.31 bits per heavy atom. The number of allylic oxidation sites excluding steroid dienone is 5. The monoisotopic (exact) mass is 684 g/mol. The van der Waals surface area contributed by atoms with E-state index in [0.29, 0.717) is 11.5 Å². The summed E-state index contributed by atoms with van der Waals surface area (Å²) in [6, 6.07) is 7.26. The maximum atomic E-state index is 13.6. The molecule has 0 aromatic heterocycles. The third-order valence-corrected chi connectivity index (χ3v) is 26.1. The van der Waals surface area contributed by atoms with Crippen LogP contribution in [0, 0.1) is 5.92 Å². The second-order valence-corrected chi connectivity index (χ2v) is 41.2. The van der Waals surface area contributed by atoms with Crippen molar-refractivity contribution in [2.24, 2.45) is 5.92 Å². The van der Waals surface area contributed by atoms with Gasteiger partial charge in [-0.2, -0.15) is 0 Å². The van der Waals surface area contributed by atoms with E-state index in [-0.39, 0.29) is 40.1 Å². The summed E-state index contributed by atoms with van der Waals surface area (Å²) in [6.07, 6.45) is -7.79. The Balaban J connectivity index is 0.00000267. The second kappa shape index (κ2) is 10.6. The molecule has 0 fully saturated rings. The summed E-state index contributed by atoms with van der Waals surface area (Å²) in [7, 11) is 0. The first kappa shape index (κ1) is 34.1. The summed E-state index contributed by atoms with van der Waals surface area (Å²) in [5.41, 5.74) is 4.68. The predicted molar refractivity (Wildman–Crippen MR) is 153 cm³/mol. The Morgan fingerprint density at radius 3 is 1.74 bits per heavy atom. The Kier molecular flexibility index (Phi) is 9.31. The van der Waals surface area contributed by atoms with Gasteiger partial charge in [0.05, 0.1) is 0 Å². The van der Waals surface area contributed by atoms with E-state index in [1.54, 1.807) is 12.1 Å². The van der Waals surface area contributed by atoms with Gasteiger partial charge in [-0.3, -0.25) is 0 Å². The Morgan fingerprint density at radius 1 is 0.795 bits per heavy atom. The minimum Gasteiger partial charge on any atom is -0.147 e. The third kappa shape index (κ3) is 5.69. The van der Waals surface area contributed by atoms with Crippen molar-refractivity contribution in [2.45, 2.75) is 59.9 Å². The molecule has 0 saturated heterocycles. The zero-order valence-corrected chi connectivity index (χ0v) is 28.5. The molecule has 0 spiro atoms. The average Bonchev–Trinajstić information content (AvgIpc) is 3.21. The zero-order valence-electron chi connectivity index (χ0n) is 23.0. The van der Waals surface area contributed by atoms with Gasteiger partial charge in [-0.1, -0.05) is 0 Å². The van der Waals surface area contributed by atoms with Crippen molar-refractivity contribution in [1.29, 1.82) is 0 Å². The van der Waals surface area contributed by atoms with Crippen molar-refractivity contribution in [1.82, 2.24) is 0 Å². The van der Waals surface area contributed by atoms with Gasteiger partial charge in [0.15, 0.2) is 0 Å². The minimum atomic E-state index is -4.89. The van der Waals surface area contributed by atoms with E-state index >= 15 is 0 Å². The van der Waals surface area contributed by atoms with Crippen LogP contribution in [0.1, 0.15) is 60.5 Å². The van der Waals surface area contributed by atoms with E-state index in [1.807, 2.05) is 12.1 Å². The van der Waals surface area contributed by atoms with Crippen LogP contribution in [0.5, 0.6) is 0 Å². The summed E-state index contributed by atoms with van der Waals surface area (Å²) in [5, 5.41) is 0. The SMILES string of the molecule is CC1=Cc2c(-c3cc(C(F)(F)F)cc(C(F)(F)F)c3)cccc2[CH]1[Zr]([CH3])([CH3])(=[SiH2])[C]1=C(C)C(C)=C(C)C1C.Cl.Cl. The van der Waals surface area contributed by atoms with Crippen molar-refractivity contribution in [3.8, 4) is 11.1 Å². The van der Waals surface area contributed by atoms with Crippen LogP contribution in [0.3, 0.4) is 0 Å². The Hall–Kier alpha value is -1.08. The fourth-order valence-corrected chi connectivity index (χ4v) is 28.7. The molecule has 39 heavy (non-hydrogen) atoms. The van der Waals surface area contributed by atoms with Gasteiger partial charge < -0.3 is 0 Å². The molecule has 10 heteroatoms. The smallest absolute Gasteiger partial charge is 0.147 e. The van der Waals surface area contributed by atoms with Gasteiger partial charge >= 0.3 is 218 Å². The number of hydrogen-bond donors (Lipinski definition) is 0. The first-order valence-corrected chi connectivity index (χ1v) is 25.8. The maximum absolute atomic E-state index is 13.6. The molecule has 0 bridgehead atoms. The predicted octanol–water partition coefficient (Wildman–Crippen LogP) is 10.3. The molecular weight excluding hydrogens is 653 g/mol. The number of rotatable bonds is 3. The molecule has 0 aliphatic heterocycles. The van der Waals surface area contributed by atoms with Gasteiger partial charge in [0.2, 0.25) is 0 Å². The van der Waals surface area contributed by atoms with E-state index in [0.717, 1.165) is 28.8 Å². The normalized spacial score (nSPS) is 20.0. The number of benzene rings is 2. The van der Waals surface area contributed by atoms with Crippen LogP contribution < -0.4 is 0 Å². The van der Waals surface area contributed by atoms with E-state index in [1.165, 1.54) is 20.0 Å². The Bertz CT molecular complexity index is 1460. The fraction of sp³-hybridized carbons (Fsp3) is 0.379. The van der Waals surface area contributed by atoms with Crippen LogP contribution in [-0.2, 0) is 29.8 Å². The van der Waals surface area contributed by atoms with Crippen molar-refractivity contribution in [3.63, 3.8) is 0 Å². The molecule has 0 saturated carbocycles. The van der Waals surface area contributed by atoms with E-state index in [9.17, 15) is 26.3 Å². The maximum Gasteiger partial charge on any atom is -0.147 e. The van der Waals surface area contributed by atoms with Gasteiger partial charge in [0.1, 0.15) is 0 Å². The van der Waals surface area contributed by atoms with Crippen LogP contribution in [0.15, 0.2) is 62.0 Å². The minimum absolute atomic E-state index is 0. The summed E-state index contributed by atoms with van der Waals surface area (Å²) in [6.45, 7) is 13.0. The summed E-state index contributed by atoms with van der Waals surface area (Å²) in [4.78, 5) is 0. The number of hydrogen-bond acceptors (Lipinski definition) is 0. The molecule has 2 aliphatic carbocycles. The average molecular weight is 687 g/mol. The topological polar surface area (TPSA) is 0 Å². The van der Waals surface area contributed by atoms with Crippen LogP contribution in [0.4, 0.5) is 26.3 Å². The molecule has 2 aliphatic rings. The van der Waals surface area contributed by atoms with Gasteiger partial charge in [-0.25, -0.2) is 0 Å². The molecule has 0 heterocycles. The quantitative estimate of drug-likeness (QED) is 0.223. The number of alkyl halides is 6. The molecule has 0 radical (unpaired) electrons. The standard InChI is InChI=1S/C18H11F6.C9H13.2CH3.2ClH.H2Si.Zr/c1-10-5-11-3-2-4-15(16(11)6-10)12-7-13(17(19,20)21)9-14(8-12)18(22,23)24;1-6-5-7(2)9(4)8(6)3;;;;;;/h2-9H,1H3;6H,1-4H3;2*1H3;2*1H;1H2;. The van der Waals surface area contributed by atoms with Gasteiger partial charge in [-0.05, 0) is 0 Å². The molecule has 2 atom stereocenters. The molecular formula is C29H34Cl2F6SiZr. The first-order valence-electron chi connectivity index (χ1n) is 12.3. The molecule has 0 N–H and O–H groups in total. The largest absolute Gasteiger partial charge is 0.147 e. The summed E-state index contributed by atoms with van der Waals surface area (Å²) in [5.74, 6) is 0.330. The van der Waals surface area contributed by atoms with Gasteiger partial charge in [0, 0.05) is 0 Å². The molecule has 0 nitrogen and oxygen atoms in total. The van der Waals surface area contributed by atoms with Crippen molar-refractivity contribution >= 4 is 37.8 Å². The molecule has 2 aromatic rings. The van der Waals surface area contributed by atoms with Crippen LogP contribution in [0.2, 0.25) is 9.26 Å². The first-order chi connectivity index (χ1) is 16.7. The summed E-state index contributed by atoms with van der Waals surface area (Å²) >= 11 is -3.77. The van der Waals surface area contributed by atoms with Crippen molar-refractivity contribution < 1.29 is 43.7 Å². The molecule has 214 valence electrons. The van der Waals surface area contributed by atoms with E-state index in [2.05, 4.69) is 50.8 Å². The Labute approximate surface area is 241 Å². The van der Waals surface area contributed by atoms with Crippen molar-refractivity contribution in [3.05, 3.63) is 84.2 Å². The van der Waals surface area contributed by atoms with E-state index in [4.69, 9.17) is 0 Å². The molecule has 2 aromatic carbocycles. The van der Waals surface area contributed by atoms with Crippen LogP contribution in [-0.4, -0.2) is 6.88 Å². The molecule has 0 amide bonds. The van der Waals surface area contributed by atoms with E-state index < -0.39 is 40.9 Å². The fourth-order valence-electron chi connectivity index (χ4n) is 6.99. The number of halogens is 8. The second-order valence-electron chi connectivity index (χ2n) is 11.8. The third-order valence-electron chi connectivity index (χ3n) is 8.63. The molecule has 2 unspecified atom stereocenters.